The van der Waals surface area contributed by atoms with Crippen LogP contribution in [0, 0.1) is 5.41 Å². The number of anilines is 1. The van der Waals surface area contributed by atoms with Crippen molar-refractivity contribution in [3.63, 3.8) is 0 Å². The molecule has 0 spiro atoms. The Hall–Kier alpha value is -3.11. The van der Waals surface area contributed by atoms with Gasteiger partial charge < -0.3 is 26.1 Å². The third kappa shape index (κ3) is 5.63. The van der Waals surface area contributed by atoms with Crippen LogP contribution in [-0.4, -0.2) is 52.9 Å². The number of carbonyl (C=O) groups excluding carboxylic acids is 1. The van der Waals surface area contributed by atoms with Gasteiger partial charge in [0, 0.05) is 31.5 Å². The van der Waals surface area contributed by atoms with E-state index in [1.165, 1.54) is 6.07 Å². The Bertz CT molecular complexity index is 1220. The number of morpholine rings is 1. The molecule has 2 aromatic carbocycles. The van der Waals surface area contributed by atoms with Crippen LogP contribution in [-0.2, 0) is 11.3 Å². The zero-order chi connectivity index (χ0) is 23.4. The molecule has 0 unspecified atom stereocenters. The number of benzene rings is 2. The van der Waals surface area contributed by atoms with Crippen LogP contribution in [0.25, 0.3) is 11.0 Å². The SMILES string of the molecule is N=C(/C(=C\N)NC(=O)Nc1ccc(Cl)c(Cl)c1)c1nc2cc(CN3CCOCC3)ccc2[nH]1. The summed E-state index contributed by atoms with van der Waals surface area (Å²) in [5.41, 5.74) is 8.82. The minimum absolute atomic E-state index is 0.0484. The summed E-state index contributed by atoms with van der Waals surface area (Å²) >= 11 is 11.9. The molecule has 1 aliphatic rings. The van der Waals surface area contributed by atoms with E-state index in [-0.39, 0.29) is 11.4 Å². The van der Waals surface area contributed by atoms with Gasteiger partial charge in [0.2, 0.25) is 0 Å². The lowest BCUT2D eigenvalue weighted by molar-refractivity contribution is 0.0342. The van der Waals surface area contributed by atoms with Gasteiger partial charge in [0.25, 0.3) is 0 Å². The van der Waals surface area contributed by atoms with E-state index < -0.39 is 6.03 Å². The van der Waals surface area contributed by atoms with Crippen LogP contribution in [0.4, 0.5) is 10.5 Å². The van der Waals surface area contributed by atoms with Crippen molar-refractivity contribution in [1.82, 2.24) is 20.2 Å². The number of halogens is 2. The number of rotatable bonds is 6. The molecule has 0 saturated carbocycles. The summed E-state index contributed by atoms with van der Waals surface area (Å²) in [6, 6.07) is 10.1. The summed E-state index contributed by atoms with van der Waals surface area (Å²) in [6.07, 6.45) is 1.15. The van der Waals surface area contributed by atoms with Crippen LogP contribution in [0.15, 0.2) is 48.3 Å². The summed E-state index contributed by atoms with van der Waals surface area (Å²) < 4.78 is 5.40. The van der Waals surface area contributed by atoms with Crippen LogP contribution < -0.4 is 16.4 Å². The van der Waals surface area contributed by atoms with E-state index >= 15 is 0 Å². The molecule has 4 rings (SSSR count). The molecular weight excluding hydrogens is 465 g/mol. The Balaban J connectivity index is 1.44. The number of imidazole rings is 1. The number of nitrogens with one attached hydrogen (secondary N) is 4. The van der Waals surface area contributed by atoms with Crippen LogP contribution in [0.1, 0.15) is 11.4 Å². The summed E-state index contributed by atoms with van der Waals surface area (Å²) in [5, 5.41) is 14.3. The van der Waals surface area contributed by atoms with Crippen LogP contribution in [0.2, 0.25) is 10.0 Å². The van der Waals surface area contributed by atoms with Crippen molar-refractivity contribution in [3.05, 3.63) is 69.7 Å². The highest BCUT2D eigenvalue weighted by atomic mass is 35.5. The van der Waals surface area contributed by atoms with Gasteiger partial charge in [-0.05, 0) is 35.9 Å². The molecule has 0 atom stereocenters. The molecule has 172 valence electrons. The monoisotopic (exact) mass is 487 g/mol. The number of urea groups is 1. The molecule has 1 fully saturated rings. The Labute approximate surface area is 200 Å². The highest BCUT2D eigenvalue weighted by molar-refractivity contribution is 6.42. The molecule has 0 bridgehead atoms. The number of amides is 2. The van der Waals surface area contributed by atoms with Crippen molar-refractivity contribution < 1.29 is 9.53 Å². The zero-order valence-corrected chi connectivity index (χ0v) is 19.1. The number of allylic oxidation sites excluding steroid dienone is 1. The molecule has 2 amide bonds. The predicted molar refractivity (Wildman–Crippen MR) is 130 cm³/mol. The lowest BCUT2D eigenvalue weighted by Crippen LogP contribution is -2.35. The van der Waals surface area contributed by atoms with Crippen molar-refractivity contribution in [2.24, 2.45) is 5.73 Å². The molecule has 11 heteroatoms. The van der Waals surface area contributed by atoms with E-state index in [1.807, 2.05) is 18.2 Å². The van der Waals surface area contributed by atoms with Gasteiger partial charge >= 0.3 is 6.03 Å². The maximum absolute atomic E-state index is 12.4. The van der Waals surface area contributed by atoms with Gasteiger partial charge in [-0.2, -0.15) is 0 Å². The molecule has 0 radical (unpaired) electrons. The van der Waals surface area contributed by atoms with E-state index in [4.69, 9.17) is 39.1 Å². The number of nitrogens with zero attached hydrogens (tertiary/aromatic N) is 2. The second-order valence-electron chi connectivity index (χ2n) is 7.49. The predicted octanol–water partition coefficient (Wildman–Crippen LogP) is 3.69. The van der Waals surface area contributed by atoms with Gasteiger partial charge in [0.15, 0.2) is 5.82 Å². The van der Waals surface area contributed by atoms with Crippen LogP contribution in [0.5, 0.6) is 0 Å². The maximum Gasteiger partial charge on any atom is 0.323 e. The number of carbonyl (C=O) groups is 1. The van der Waals surface area contributed by atoms with E-state index in [0.29, 0.717) is 21.6 Å². The molecule has 3 aromatic rings. The number of H-pyrrole nitrogens is 1. The number of hydrogen-bond acceptors (Lipinski definition) is 6. The Morgan fingerprint density at radius 3 is 2.73 bits per heavy atom. The Kier molecular flexibility index (Phi) is 7.14. The largest absolute Gasteiger partial charge is 0.403 e. The van der Waals surface area contributed by atoms with Crippen LogP contribution >= 0.6 is 23.2 Å². The fourth-order valence-corrected chi connectivity index (χ4v) is 3.76. The second-order valence-corrected chi connectivity index (χ2v) is 8.30. The zero-order valence-electron chi connectivity index (χ0n) is 17.6. The summed E-state index contributed by atoms with van der Waals surface area (Å²) in [7, 11) is 0. The molecule has 2 heterocycles. The summed E-state index contributed by atoms with van der Waals surface area (Å²) in [4.78, 5) is 22.3. The summed E-state index contributed by atoms with van der Waals surface area (Å²) in [5.74, 6) is 0.292. The lowest BCUT2D eigenvalue weighted by atomic mass is 10.2. The number of ether oxygens (including phenoxy) is 1. The van der Waals surface area contributed by atoms with Gasteiger partial charge in [-0.25, -0.2) is 9.78 Å². The molecular formula is C22H23Cl2N7O2. The first-order chi connectivity index (χ1) is 15.9. The van der Waals surface area contributed by atoms with E-state index in [1.54, 1.807) is 12.1 Å². The minimum atomic E-state index is -0.584. The molecule has 1 aliphatic heterocycles. The first-order valence-electron chi connectivity index (χ1n) is 10.3. The topological polar surface area (TPSA) is 132 Å². The average molecular weight is 488 g/mol. The van der Waals surface area contributed by atoms with Gasteiger partial charge in [-0.15, -0.1) is 0 Å². The van der Waals surface area contributed by atoms with E-state index in [0.717, 1.165) is 55.6 Å². The van der Waals surface area contributed by atoms with Crippen molar-refractivity contribution in [3.8, 4) is 0 Å². The lowest BCUT2D eigenvalue weighted by Gasteiger charge is -2.26. The van der Waals surface area contributed by atoms with Crippen molar-refractivity contribution in [2.75, 3.05) is 31.6 Å². The van der Waals surface area contributed by atoms with E-state index in [9.17, 15) is 4.79 Å². The van der Waals surface area contributed by atoms with E-state index in [2.05, 4.69) is 25.5 Å². The quantitative estimate of drug-likeness (QED) is 0.338. The third-order valence-corrected chi connectivity index (χ3v) is 5.89. The maximum atomic E-state index is 12.4. The minimum Gasteiger partial charge on any atom is -0.403 e. The number of hydrogen-bond donors (Lipinski definition) is 5. The fourth-order valence-electron chi connectivity index (χ4n) is 3.46. The second kappa shape index (κ2) is 10.2. The number of fused-ring (bicyclic) bond motifs is 1. The number of nitrogens with two attached hydrogens (primary N) is 1. The number of aromatic amines is 1. The van der Waals surface area contributed by atoms with Gasteiger partial charge in [-0.1, -0.05) is 29.3 Å². The van der Waals surface area contributed by atoms with Gasteiger partial charge in [-0.3, -0.25) is 10.3 Å². The smallest absolute Gasteiger partial charge is 0.323 e. The Morgan fingerprint density at radius 1 is 1.21 bits per heavy atom. The van der Waals surface area contributed by atoms with Gasteiger partial charge in [0.05, 0.1) is 40.0 Å². The Morgan fingerprint density at radius 2 is 2.00 bits per heavy atom. The molecule has 33 heavy (non-hydrogen) atoms. The highest BCUT2D eigenvalue weighted by Gasteiger charge is 2.17. The highest BCUT2D eigenvalue weighted by Crippen LogP contribution is 2.25. The first kappa shape index (κ1) is 23.1. The van der Waals surface area contributed by atoms with Crippen molar-refractivity contribution in [2.45, 2.75) is 6.54 Å². The van der Waals surface area contributed by atoms with Gasteiger partial charge in [0.1, 0.15) is 5.71 Å². The molecule has 1 saturated heterocycles. The fraction of sp³-hybridized carbons (Fsp3) is 0.227. The molecule has 9 nitrogen and oxygen atoms in total. The molecule has 0 aliphatic carbocycles. The molecule has 6 N–H and O–H groups in total. The normalized spacial score (nSPS) is 14.9. The summed E-state index contributed by atoms with van der Waals surface area (Å²) in [6.45, 7) is 4.09. The third-order valence-electron chi connectivity index (χ3n) is 5.16. The first-order valence-corrected chi connectivity index (χ1v) is 11.0. The standard InChI is InChI=1S/C22H23Cl2N7O2/c23-15-3-2-14(10-16(15)24)27-22(32)30-19(11-25)20(26)21-28-17-4-1-13(9-18(17)29-21)12-31-5-7-33-8-6-31/h1-4,9-11,26H,5-8,12,25H2,(H,28,29)(H2,27,30,32)/b19-11+,26-20?. The van der Waals surface area contributed by atoms with Crippen LogP contribution in [0.3, 0.4) is 0 Å². The van der Waals surface area contributed by atoms with Crippen molar-refractivity contribution in [1.29, 1.82) is 5.41 Å². The number of aromatic nitrogens is 2. The molecule has 1 aromatic heterocycles. The van der Waals surface area contributed by atoms with Crippen molar-refractivity contribution >= 4 is 51.7 Å². The average Bonchev–Trinajstić information content (AvgIpc) is 3.23.